The summed E-state index contributed by atoms with van der Waals surface area (Å²) in [5.74, 6) is 0. The van der Waals surface area contributed by atoms with E-state index in [2.05, 4.69) is 68.4 Å². The van der Waals surface area contributed by atoms with Gasteiger partial charge in [-0.05, 0) is 51.7 Å². The lowest BCUT2D eigenvalue weighted by Crippen LogP contribution is -2.34. The van der Waals surface area contributed by atoms with Gasteiger partial charge in [0.25, 0.3) is 8.53 Å². The lowest BCUT2D eigenvalue weighted by atomic mass is 10.0. The van der Waals surface area contributed by atoms with Gasteiger partial charge in [-0.2, -0.15) is 0 Å². The lowest BCUT2D eigenvalue weighted by molar-refractivity contribution is 0.00499. The molecule has 0 bridgehead atoms. The molecule has 1 rings (SSSR count). The van der Waals surface area contributed by atoms with Crippen LogP contribution >= 0.6 is 8.53 Å². The first kappa shape index (κ1) is 36.9. The number of rotatable bonds is 27. The summed E-state index contributed by atoms with van der Waals surface area (Å²) in [6, 6.07) is 9.42. The second-order valence-corrected chi connectivity index (χ2v) is 12.1. The highest BCUT2D eigenvalue weighted by atomic mass is 31.2. The topological polar surface area (TPSA) is 53.8 Å². The molecule has 0 saturated carbocycles. The highest BCUT2D eigenvalue weighted by Gasteiger charge is 2.27. The molecule has 1 atom stereocenters. The third-order valence-corrected chi connectivity index (χ3v) is 8.54. The largest absolute Gasteiger partial charge is 0.377 e. The van der Waals surface area contributed by atoms with Crippen molar-refractivity contribution in [3.8, 4) is 0 Å². The van der Waals surface area contributed by atoms with Crippen molar-refractivity contribution in [3.63, 3.8) is 0 Å². The van der Waals surface area contributed by atoms with Crippen LogP contribution in [0.4, 0.5) is 0 Å². The van der Waals surface area contributed by atoms with E-state index in [0.29, 0.717) is 71.5 Å². The van der Waals surface area contributed by atoms with E-state index in [1.807, 2.05) is 0 Å². The van der Waals surface area contributed by atoms with Gasteiger partial charge in [-0.25, -0.2) is 11.2 Å². The SMILES string of the molecule is [C-]#[N+]CCOP(OCCOCCOCCOCc1ccc(CCCCCCCCCC)cc1)N(C(C)C)C(C)C. The van der Waals surface area contributed by atoms with Gasteiger partial charge in [0.2, 0.25) is 6.54 Å². The number of benzene rings is 1. The maximum Gasteiger partial charge on any atom is 0.259 e. The summed E-state index contributed by atoms with van der Waals surface area (Å²) in [5, 5.41) is 0. The third-order valence-electron chi connectivity index (χ3n) is 6.44. The Morgan fingerprint density at radius 2 is 1.18 bits per heavy atom. The van der Waals surface area contributed by atoms with E-state index < -0.39 is 8.53 Å². The Bertz CT molecular complexity index is 734. The van der Waals surface area contributed by atoms with Gasteiger partial charge in [0, 0.05) is 12.1 Å². The van der Waals surface area contributed by atoms with Crippen molar-refractivity contribution in [2.24, 2.45) is 0 Å². The van der Waals surface area contributed by atoms with Gasteiger partial charge < -0.3 is 28.1 Å². The van der Waals surface area contributed by atoms with Crippen LogP contribution in [0.2, 0.25) is 0 Å². The molecule has 8 heteroatoms. The Morgan fingerprint density at radius 1 is 0.675 bits per heavy atom. The Hall–Kier alpha value is -1.10. The summed E-state index contributed by atoms with van der Waals surface area (Å²) in [6.45, 7) is 22.2. The van der Waals surface area contributed by atoms with Gasteiger partial charge in [-0.3, -0.25) is 0 Å². The molecule has 0 radical (unpaired) electrons. The normalized spacial score (nSPS) is 12.5. The van der Waals surface area contributed by atoms with Crippen LogP contribution in [-0.2, 0) is 36.3 Å². The van der Waals surface area contributed by atoms with Gasteiger partial charge in [0.1, 0.15) is 6.61 Å². The second-order valence-electron chi connectivity index (χ2n) is 10.7. The molecule has 0 N–H and O–H groups in total. The second kappa shape index (κ2) is 25.6. The molecule has 0 aliphatic rings. The van der Waals surface area contributed by atoms with E-state index in [0.717, 1.165) is 0 Å². The average molecular weight is 581 g/mol. The van der Waals surface area contributed by atoms with Crippen LogP contribution in [0.3, 0.4) is 0 Å². The zero-order valence-corrected chi connectivity index (χ0v) is 27.0. The van der Waals surface area contributed by atoms with Gasteiger partial charge in [0.15, 0.2) is 0 Å². The standard InChI is InChI=1S/C32H57N2O5P/c1-7-8-9-10-11-12-13-14-15-31-16-18-32(19-17-31)28-37-25-24-35-22-23-36-26-27-39-40(38-21-20-33-6)34(29(2)3)30(4)5/h16-19,29-30H,7-15,20-28H2,1-5H3. The molecule has 0 spiro atoms. The molecule has 230 valence electrons. The molecule has 0 fully saturated rings. The van der Waals surface area contributed by atoms with Crippen LogP contribution in [0.1, 0.15) is 97.1 Å². The summed E-state index contributed by atoms with van der Waals surface area (Å²) in [4.78, 5) is 3.37. The van der Waals surface area contributed by atoms with E-state index >= 15 is 0 Å². The van der Waals surface area contributed by atoms with Gasteiger partial charge >= 0.3 is 0 Å². The first-order chi connectivity index (χ1) is 19.5. The van der Waals surface area contributed by atoms with Gasteiger partial charge in [-0.1, -0.05) is 76.1 Å². The molecule has 0 aliphatic heterocycles. The Labute approximate surface area is 247 Å². The average Bonchev–Trinajstić information content (AvgIpc) is 2.93. The minimum atomic E-state index is -1.22. The Balaban J connectivity index is 2.05. The van der Waals surface area contributed by atoms with Crippen molar-refractivity contribution in [2.45, 2.75) is 111 Å². The number of unbranched alkanes of at least 4 members (excludes halogenated alkanes) is 7. The third kappa shape index (κ3) is 19.1. The zero-order chi connectivity index (χ0) is 29.3. The Kier molecular flexibility index (Phi) is 23.6. The molecule has 40 heavy (non-hydrogen) atoms. The summed E-state index contributed by atoms with van der Waals surface area (Å²) in [7, 11) is -1.22. The predicted octanol–water partition coefficient (Wildman–Crippen LogP) is 8.22. The van der Waals surface area contributed by atoms with Crippen LogP contribution in [0, 0.1) is 6.57 Å². The Morgan fingerprint density at radius 3 is 1.75 bits per heavy atom. The number of nitrogens with zero attached hydrogens (tertiary/aromatic N) is 2. The maximum atomic E-state index is 6.96. The van der Waals surface area contributed by atoms with E-state index in [9.17, 15) is 0 Å². The molecule has 0 amide bonds. The first-order valence-corrected chi connectivity index (χ1v) is 16.6. The van der Waals surface area contributed by atoms with E-state index in [1.54, 1.807) is 0 Å². The fourth-order valence-electron chi connectivity index (χ4n) is 4.38. The van der Waals surface area contributed by atoms with Crippen molar-refractivity contribution in [2.75, 3.05) is 52.8 Å². The van der Waals surface area contributed by atoms with Crippen LogP contribution < -0.4 is 0 Å². The molecule has 1 aromatic rings. The van der Waals surface area contributed by atoms with E-state index in [1.165, 1.54) is 68.9 Å². The number of hydrogen-bond donors (Lipinski definition) is 0. The molecule has 0 aliphatic carbocycles. The quantitative estimate of drug-likeness (QED) is 0.0594. The summed E-state index contributed by atoms with van der Waals surface area (Å²) in [5.41, 5.74) is 2.62. The van der Waals surface area contributed by atoms with Gasteiger partial charge in [-0.15, -0.1) is 0 Å². The summed E-state index contributed by atoms with van der Waals surface area (Å²) >= 11 is 0. The highest BCUT2D eigenvalue weighted by Crippen LogP contribution is 2.45. The number of ether oxygens (including phenoxy) is 3. The smallest absolute Gasteiger partial charge is 0.259 e. The fourth-order valence-corrected chi connectivity index (χ4v) is 5.94. The van der Waals surface area contributed by atoms with Crippen LogP contribution in [0.5, 0.6) is 0 Å². The monoisotopic (exact) mass is 580 g/mol. The minimum Gasteiger partial charge on any atom is -0.377 e. The first-order valence-electron chi connectivity index (χ1n) is 15.5. The number of aryl methyl sites for hydroxylation is 1. The van der Waals surface area contributed by atoms with Crippen LogP contribution in [0.25, 0.3) is 4.85 Å². The van der Waals surface area contributed by atoms with Crippen molar-refractivity contribution in [1.29, 1.82) is 0 Å². The molecule has 0 saturated heterocycles. The van der Waals surface area contributed by atoms with E-state index in [4.69, 9.17) is 29.8 Å². The minimum absolute atomic E-state index is 0.291. The zero-order valence-electron chi connectivity index (χ0n) is 26.1. The predicted molar refractivity (Wildman–Crippen MR) is 166 cm³/mol. The molecule has 1 unspecified atom stereocenters. The molecular weight excluding hydrogens is 523 g/mol. The molecule has 1 aromatic carbocycles. The molecule has 7 nitrogen and oxygen atoms in total. The summed E-state index contributed by atoms with van der Waals surface area (Å²) in [6.07, 6.45) is 12.1. The van der Waals surface area contributed by atoms with Crippen molar-refractivity contribution in [1.82, 2.24) is 4.67 Å². The van der Waals surface area contributed by atoms with Crippen LogP contribution in [-0.4, -0.2) is 69.5 Å². The fraction of sp³-hybridized carbons (Fsp3) is 0.781. The van der Waals surface area contributed by atoms with E-state index in [-0.39, 0.29) is 0 Å². The van der Waals surface area contributed by atoms with Crippen molar-refractivity contribution >= 4 is 8.53 Å². The van der Waals surface area contributed by atoms with Crippen LogP contribution in [0.15, 0.2) is 24.3 Å². The van der Waals surface area contributed by atoms with Crippen molar-refractivity contribution < 1.29 is 23.3 Å². The highest BCUT2D eigenvalue weighted by molar-refractivity contribution is 7.44. The maximum absolute atomic E-state index is 6.96. The number of hydrogen-bond acceptors (Lipinski definition) is 6. The van der Waals surface area contributed by atoms with Crippen molar-refractivity contribution in [3.05, 3.63) is 46.8 Å². The molecule has 0 heterocycles. The summed E-state index contributed by atoms with van der Waals surface area (Å²) < 4.78 is 31.2. The molecule has 0 aromatic heterocycles. The molecular formula is C32H57N2O5P. The van der Waals surface area contributed by atoms with Gasteiger partial charge in [0.05, 0.1) is 46.2 Å². The lowest BCUT2D eigenvalue weighted by Gasteiger charge is -2.35.